The topological polar surface area (TPSA) is 54.3 Å². The summed E-state index contributed by atoms with van der Waals surface area (Å²) in [5, 5.41) is 9.61. The smallest absolute Gasteiger partial charge is 0.233 e. The van der Waals surface area contributed by atoms with Crippen LogP contribution in [0.25, 0.3) is 5.69 Å². The number of rotatable bonds is 8. The fourth-order valence-electron chi connectivity index (χ4n) is 5.33. The minimum absolute atomic E-state index is 0.0172. The first kappa shape index (κ1) is 25.2. The van der Waals surface area contributed by atoms with Crippen molar-refractivity contribution >= 4 is 17.7 Å². The maximum atomic E-state index is 13.6. The Balaban J connectivity index is 1.56. The molecule has 186 valence electrons. The van der Waals surface area contributed by atoms with Crippen LogP contribution >= 0.6 is 11.8 Å². The van der Waals surface area contributed by atoms with E-state index in [1.54, 1.807) is 12.1 Å². The van der Waals surface area contributed by atoms with Gasteiger partial charge in [0.05, 0.1) is 11.8 Å². The fourth-order valence-corrected chi connectivity index (χ4v) is 6.16. The van der Waals surface area contributed by atoms with Crippen LogP contribution < -0.4 is 0 Å². The molecule has 0 N–H and O–H groups in total. The molecule has 1 aromatic carbocycles. The lowest BCUT2D eigenvalue weighted by molar-refractivity contribution is -0.135. The number of thioether (sulfide) groups is 1. The van der Waals surface area contributed by atoms with Gasteiger partial charge in [0.1, 0.15) is 5.82 Å². The average Bonchev–Trinajstić information content (AvgIpc) is 3.28. The average molecular weight is 488 g/mol. The van der Waals surface area contributed by atoms with Gasteiger partial charge in [0.25, 0.3) is 0 Å². The SMILES string of the molecule is CC(c1nnc(SCC(=O)N(C2CCCCC2)C2CCCCC2)n1-c1ccc(F)cc1)N(C)C. The second kappa shape index (κ2) is 11.7. The van der Waals surface area contributed by atoms with Crippen LogP contribution in [0.15, 0.2) is 29.4 Å². The third-order valence-corrected chi connectivity index (χ3v) is 8.35. The molecule has 6 nitrogen and oxygen atoms in total. The molecular weight excluding hydrogens is 449 g/mol. The van der Waals surface area contributed by atoms with Crippen molar-refractivity contribution in [3.05, 3.63) is 35.9 Å². The first-order chi connectivity index (χ1) is 16.5. The predicted molar refractivity (Wildman–Crippen MR) is 135 cm³/mol. The fraction of sp³-hybridized carbons (Fsp3) is 0.654. The van der Waals surface area contributed by atoms with Crippen LogP contribution in [0.4, 0.5) is 4.39 Å². The Morgan fingerprint density at radius 1 is 1.00 bits per heavy atom. The molecule has 0 radical (unpaired) electrons. The molecule has 1 amide bonds. The van der Waals surface area contributed by atoms with Crippen LogP contribution in [-0.4, -0.2) is 62.4 Å². The van der Waals surface area contributed by atoms with Crippen molar-refractivity contribution in [1.82, 2.24) is 24.6 Å². The van der Waals surface area contributed by atoms with Crippen molar-refractivity contribution < 1.29 is 9.18 Å². The van der Waals surface area contributed by atoms with E-state index in [-0.39, 0.29) is 17.8 Å². The molecule has 2 fully saturated rings. The van der Waals surface area contributed by atoms with Gasteiger partial charge >= 0.3 is 0 Å². The standard InChI is InChI=1S/C26H38FN5OS/c1-19(30(2)3)25-28-29-26(32(25)23-16-14-20(27)15-17-23)34-18-24(33)31(21-10-6-4-7-11-21)22-12-8-5-9-13-22/h14-17,19,21-22H,4-13,18H2,1-3H3. The van der Waals surface area contributed by atoms with Gasteiger partial charge in [-0.3, -0.25) is 14.3 Å². The number of amides is 1. The van der Waals surface area contributed by atoms with Gasteiger partial charge in [0, 0.05) is 17.8 Å². The quantitative estimate of drug-likeness (QED) is 0.453. The Bertz CT molecular complexity index is 917. The first-order valence-electron chi connectivity index (χ1n) is 12.8. The van der Waals surface area contributed by atoms with Crippen LogP contribution in [0.5, 0.6) is 0 Å². The monoisotopic (exact) mass is 487 g/mol. The molecule has 2 aromatic rings. The Hall–Kier alpha value is -1.93. The maximum absolute atomic E-state index is 13.6. The number of hydrogen-bond acceptors (Lipinski definition) is 5. The molecule has 0 saturated heterocycles. The summed E-state index contributed by atoms with van der Waals surface area (Å²) in [6, 6.07) is 7.16. The predicted octanol–water partition coefficient (Wildman–Crippen LogP) is 5.62. The highest BCUT2D eigenvalue weighted by atomic mass is 32.2. The minimum Gasteiger partial charge on any atom is -0.336 e. The molecule has 1 aromatic heterocycles. The molecule has 2 saturated carbocycles. The summed E-state index contributed by atoms with van der Waals surface area (Å²) in [6.07, 6.45) is 12.0. The molecule has 8 heteroatoms. The molecule has 1 unspecified atom stereocenters. The Morgan fingerprint density at radius 3 is 2.09 bits per heavy atom. The van der Waals surface area contributed by atoms with Crippen LogP contribution in [0, 0.1) is 5.82 Å². The van der Waals surface area contributed by atoms with Crippen molar-refractivity contribution in [2.45, 2.75) is 94.4 Å². The Kier molecular flexibility index (Phi) is 8.64. The summed E-state index contributed by atoms with van der Waals surface area (Å²) >= 11 is 1.45. The molecule has 0 spiro atoms. The molecule has 2 aliphatic carbocycles. The first-order valence-corrected chi connectivity index (χ1v) is 13.8. The summed E-state index contributed by atoms with van der Waals surface area (Å²) in [4.78, 5) is 18.0. The molecule has 0 aliphatic heterocycles. The largest absolute Gasteiger partial charge is 0.336 e. The van der Waals surface area contributed by atoms with E-state index in [1.807, 2.05) is 18.7 Å². The van der Waals surface area contributed by atoms with E-state index >= 15 is 0 Å². The van der Waals surface area contributed by atoms with Gasteiger partial charge in [-0.25, -0.2) is 4.39 Å². The van der Waals surface area contributed by atoms with Crippen molar-refractivity contribution in [2.24, 2.45) is 0 Å². The van der Waals surface area contributed by atoms with E-state index in [1.165, 1.54) is 62.4 Å². The molecule has 1 heterocycles. The van der Waals surface area contributed by atoms with Crippen LogP contribution in [0.1, 0.15) is 83.0 Å². The van der Waals surface area contributed by atoms with Crippen LogP contribution in [0.3, 0.4) is 0 Å². The lowest BCUT2D eigenvalue weighted by Crippen LogP contribution is -2.49. The zero-order chi connectivity index (χ0) is 24.1. The number of carbonyl (C=O) groups is 1. The van der Waals surface area contributed by atoms with Gasteiger partial charge in [0.2, 0.25) is 5.91 Å². The highest BCUT2D eigenvalue weighted by molar-refractivity contribution is 7.99. The summed E-state index contributed by atoms with van der Waals surface area (Å²) in [6.45, 7) is 2.07. The number of nitrogens with zero attached hydrogens (tertiary/aromatic N) is 5. The zero-order valence-electron chi connectivity index (χ0n) is 20.8. The third-order valence-electron chi connectivity index (χ3n) is 7.44. The number of carbonyl (C=O) groups excluding carboxylic acids is 1. The molecule has 1 atom stereocenters. The Morgan fingerprint density at radius 2 is 1.56 bits per heavy atom. The minimum atomic E-state index is -0.279. The van der Waals surface area contributed by atoms with Crippen molar-refractivity contribution in [3.63, 3.8) is 0 Å². The molecule has 4 rings (SSSR count). The zero-order valence-corrected chi connectivity index (χ0v) is 21.6. The van der Waals surface area contributed by atoms with Gasteiger partial charge < -0.3 is 4.90 Å². The van der Waals surface area contributed by atoms with E-state index < -0.39 is 0 Å². The molecular formula is C26H38FN5OS. The summed E-state index contributed by atoms with van der Waals surface area (Å²) in [5.74, 6) is 1.07. The van der Waals surface area contributed by atoms with Crippen LogP contribution in [-0.2, 0) is 4.79 Å². The van der Waals surface area contributed by atoms with Gasteiger partial charge in [-0.1, -0.05) is 50.3 Å². The van der Waals surface area contributed by atoms with Crippen molar-refractivity contribution in [3.8, 4) is 5.69 Å². The Labute approximate surface area is 207 Å². The second-order valence-electron chi connectivity index (χ2n) is 9.97. The van der Waals surface area contributed by atoms with Crippen molar-refractivity contribution in [1.29, 1.82) is 0 Å². The normalized spacial score (nSPS) is 18.9. The molecule has 34 heavy (non-hydrogen) atoms. The van der Waals surface area contributed by atoms with E-state index in [0.717, 1.165) is 37.2 Å². The van der Waals surface area contributed by atoms with Gasteiger partial charge in [-0.05, 0) is 71.0 Å². The summed E-state index contributed by atoms with van der Waals surface area (Å²) < 4.78 is 15.6. The number of aromatic nitrogens is 3. The van der Waals surface area contributed by atoms with Gasteiger partial charge in [-0.2, -0.15) is 0 Å². The highest BCUT2D eigenvalue weighted by Crippen LogP contribution is 2.32. The number of benzene rings is 1. The number of hydrogen-bond donors (Lipinski definition) is 0. The van der Waals surface area contributed by atoms with Crippen molar-refractivity contribution in [2.75, 3.05) is 19.8 Å². The second-order valence-corrected chi connectivity index (χ2v) is 10.9. The molecule has 2 aliphatic rings. The highest BCUT2D eigenvalue weighted by Gasteiger charge is 2.32. The van der Waals surface area contributed by atoms with E-state index in [0.29, 0.717) is 23.0 Å². The lowest BCUT2D eigenvalue weighted by Gasteiger charge is -2.41. The van der Waals surface area contributed by atoms with Crippen LogP contribution in [0.2, 0.25) is 0 Å². The van der Waals surface area contributed by atoms with E-state index in [4.69, 9.17) is 0 Å². The summed E-state index contributed by atoms with van der Waals surface area (Å²) in [7, 11) is 3.99. The van der Waals surface area contributed by atoms with E-state index in [9.17, 15) is 9.18 Å². The lowest BCUT2D eigenvalue weighted by atomic mass is 9.88. The van der Waals surface area contributed by atoms with Gasteiger partial charge in [-0.15, -0.1) is 10.2 Å². The molecule has 0 bridgehead atoms. The number of halogens is 1. The summed E-state index contributed by atoms with van der Waals surface area (Å²) in [5.41, 5.74) is 0.807. The maximum Gasteiger partial charge on any atom is 0.233 e. The van der Waals surface area contributed by atoms with Gasteiger partial charge in [0.15, 0.2) is 11.0 Å². The van der Waals surface area contributed by atoms with E-state index in [2.05, 4.69) is 26.9 Å². The third kappa shape index (κ3) is 5.82.